The third-order valence-corrected chi connectivity index (χ3v) is 5.30. The van der Waals surface area contributed by atoms with E-state index in [0.29, 0.717) is 16.8 Å². The number of carbonyl (C=O) groups excluding carboxylic acids is 1. The predicted octanol–water partition coefficient (Wildman–Crippen LogP) is 3.51. The van der Waals surface area contributed by atoms with Crippen LogP contribution in [-0.4, -0.2) is 21.4 Å². The Hall–Kier alpha value is -3.12. The molecule has 0 radical (unpaired) electrons. The summed E-state index contributed by atoms with van der Waals surface area (Å²) in [7, 11) is -2.30. The summed E-state index contributed by atoms with van der Waals surface area (Å²) >= 11 is 0. The van der Waals surface area contributed by atoms with E-state index in [-0.39, 0.29) is 10.8 Å². The zero-order chi connectivity index (χ0) is 18.6. The number of carbonyl (C=O) groups is 1. The number of hydrogen-bond acceptors (Lipinski definition) is 3. The fourth-order valence-electron chi connectivity index (χ4n) is 2.64. The minimum atomic E-state index is -3.82. The second-order valence-corrected chi connectivity index (χ2v) is 7.28. The maximum atomic E-state index is 12.9. The van der Waals surface area contributed by atoms with Crippen molar-refractivity contribution in [3.05, 3.63) is 84.4 Å². The molecule has 3 aromatic rings. The average Bonchev–Trinajstić information content (AvgIpc) is 2.68. The zero-order valence-electron chi connectivity index (χ0n) is 14.1. The molecule has 0 bridgehead atoms. The smallest absolute Gasteiger partial charge is 0.262 e. The van der Waals surface area contributed by atoms with Gasteiger partial charge in [-0.2, -0.15) is 0 Å². The highest BCUT2D eigenvalue weighted by atomic mass is 32.2. The number of rotatable bonds is 5. The van der Waals surface area contributed by atoms with Crippen molar-refractivity contribution in [2.45, 2.75) is 4.90 Å². The summed E-state index contributed by atoms with van der Waals surface area (Å²) in [5, 5.41) is 2.52. The fourth-order valence-corrected chi connectivity index (χ4v) is 3.92. The van der Waals surface area contributed by atoms with Crippen molar-refractivity contribution in [2.24, 2.45) is 0 Å². The zero-order valence-corrected chi connectivity index (χ0v) is 15.0. The number of amides is 1. The Labute approximate surface area is 152 Å². The normalized spacial score (nSPS) is 11.0. The lowest BCUT2D eigenvalue weighted by Crippen LogP contribution is -2.18. The van der Waals surface area contributed by atoms with Crippen LogP contribution in [0.25, 0.3) is 11.1 Å². The van der Waals surface area contributed by atoms with Crippen molar-refractivity contribution in [1.82, 2.24) is 5.32 Å². The van der Waals surface area contributed by atoms with E-state index in [2.05, 4.69) is 10.0 Å². The van der Waals surface area contributed by atoms with Crippen molar-refractivity contribution in [3.8, 4) is 11.1 Å². The molecule has 0 spiro atoms. The van der Waals surface area contributed by atoms with E-state index in [1.165, 1.54) is 13.1 Å². The average molecular weight is 366 g/mol. The molecule has 0 aliphatic carbocycles. The van der Waals surface area contributed by atoms with Gasteiger partial charge in [-0.15, -0.1) is 0 Å². The van der Waals surface area contributed by atoms with Crippen LogP contribution in [-0.2, 0) is 10.0 Å². The Morgan fingerprint density at radius 3 is 2.27 bits per heavy atom. The third kappa shape index (κ3) is 3.75. The second-order valence-electron chi connectivity index (χ2n) is 5.63. The fraction of sp³-hybridized carbons (Fsp3) is 0.0500. The number of sulfonamides is 1. The molecule has 6 heteroatoms. The molecule has 3 aromatic carbocycles. The van der Waals surface area contributed by atoms with E-state index in [0.717, 1.165) is 5.56 Å². The van der Waals surface area contributed by atoms with E-state index in [1.54, 1.807) is 42.5 Å². The maximum Gasteiger partial charge on any atom is 0.262 e. The van der Waals surface area contributed by atoms with Gasteiger partial charge in [0.15, 0.2) is 0 Å². The van der Waals surface area contributed by atoms with Crippen molar-refractivity contribution in [1.29, 1.82) is 0 Å². The lowest BCUT2D eigenvalue weighted by atomic mass is 10.1. The predicted molar refractivity (Wildman–Crippen MR) is 103 cm³/mol. The van der Waals surface area contributed by atoms with Gasteiger partial charge in [-0.25, -0.2) is 8.42 Å². The van der Waals surface area contributed by atoms with Gasteiger partial charge >= 0.3 is 0 Å². The highest BCUT2D eigenvalue weighted by molar-refractivity contribution is 7.92. The summed E-state index contributed by atoms with van der Waals surface area (Å²) in [6, 6.07) is 22.5. The van der Waals surface area contributed by atoms with Crippen molar-refractivity contribution in [3.63, 3.8) is 0 Å². The van der Waals surface area contributed by atoms with Crippen LogP contribution in [0.3, 0.4) is 0 Å². The van der Waals surface area contributed by atoms with Gasteiger partial charge in [0.25, 0.3) is 15.9 Å². The molecule has 26 heavy (non-hydrogen) atoms. The first-order valence-corrected chi connectivity index (χ1v) is 9.49. The first-order valence-electron chi connectivity index (χ1n) is 8.01. The Balaban J connectivity index is 1.99. The molecule has 5 nitrogen and oxygen atoms in total. The summed E-state index contributed by atoms with van der Waals surface area (Å²) in [5.74, 6) is -0.282. The lowest BCUT2D eigenvalue weighted by molar-refractivity contribution is 0.0963. The van der Waals surface area contributed by atoms with E-state index in [4.69, 9.17) is 0 Å². The number of hydrogen-bond donors (Lipinski definition) is 2. The molecule has 2 N–H and O–H groups in total. The van der Waals surface area contributed by atoms with Crippen LogP contribution >= 0.6 is 0 Å². The molecule has 0 saturated heterocycles. The molecule has 0 unspecified atom stereocenters. The summed E-state index contributed by atoms with van der Waals surface area (Å²) in [6.45, 7) is 0. The van der Waals surface area contributed by atoms with Crippen LogP contribution in [0.2, 0.25) is 0 Å². The number of anilines is 1. The van der Waals surface area contributed by atoms with Gasteiger partial charge in [-0.3, -0.25) is 9.52 Å². The molecule has 0 heterocycles. The Kier molecular flexibility index (Phi) is 5.04. The van der Waals surface area contributed by atoms with Gasteiger partial charge in [0.2, 0.25) is 0 Å². The molecule has 0 aliphatic heterocycles. The lowest BCUT2D eigenvalue weighted by Gasteiger charge is -2.13. The van der Waals surface area contributed by atoms with Gasteiger partial charge in [0.1, 0.15) is 0 Å². The minimum Gasteiger partial charge on any atom is -0.355 e. The molecule has 0 atom stereocenters. The number of nitrogens with one attached hydrogen (secondary N) is 2. The quantitative estimate of drug-likeness (QED) is 0.725. The Morgan fingerprint density at radius 1 is 0.846 bits per heavy atom. The largest absolute Gasteiger partial charge is 0.355 e. The van der Waals surface area contributed by atoms with Crippen molar-refractivity contribution < 1.29 is 13.2 Å². The minimum absolute atomic E-state index is 0.177. The van der Waals surface area contributed by atoms with Crippen LogP contribution < -0.4 is 10.0 Å². The first kappa shape index (κ1) is 17.7. The standard InChI is InChI=1S/C20H18N2O3S/c1-21-20(23)16-10-7-11-17(14-16)22-26(24,25)19-13-6-5-12-18(19)15-8-3-2-4-9-15/h2-14,22H,1H3,(H,21,23). The van der Waals surface area contributed by atoms with Crippen LogP contribution in [0.15, 0.2) is 83.8 Å². The Morgan fingerprint density at radius 2 is 1.54 bits per heavy atom. The molecular formula is C20H18N2O3S. The summed E-state index contributed by atoms with van der Waals surface area (Å²) in [5.41, 5.74) is 2.13. The third-order valence-electron chi connectivity index (χ3n) is 3.87. The van der Waals surface area contributed by atoms with E-state index in [1.807, 2.05) is 30.3 Å². The summed E-state index contributed by atoms with van der Waals surface area (Å²) < 4.78 is 28.4. The summed E-state index contributed by atoms with van der Waals surface area (Å²) in [6.07, 6.45) is 0. The van der Waals surface area contributed by atoms with Crippen LogP contribution in [0.1, 0.15) is 10.4 Å². The second kappa shape index (κ2) is 7.41. The van der Waals surface area contributed by atoms with Crippen LogP contribution in [0.4, 0.5) is 5.69 Å². The first-order chi connectivity index (χ1) is 12.5. The van der Waals surface area contributed by atoms with E-state index < -0.39 is 10.0 Å². The van der Waals surface area contributed by atoms with E-state index >= 15 is 0 Å². The molecule has 0 aromatic heterocycles. The summed E-state index contributed by atoms with van der Waals surface area (Å²) in [4.78, 5) is 11.9. The van der Waals surface area contributed by atoms with Crippen molar-refractivity contribution >= 4 is 21.6 Å². The van der Waals surface area contributed by atoms with Gasteiger partial charge in [-0.1, -0.05) is 54.6 Å². The topological polar surface area (TPSA) is 75.3 Å². The monoisotopic (exact) mass is 366 g/mol. The van der Waals surface area contributed by atoms with Crippen molar-refractivity contribution in [2.75, 3.05) is 11.8 Å². The van der Waals surface area contributed by atoms with Gasteiger partial charge in [0.05, 0.1) is 4.90 Å². The SMILES string of the molecule is CNC(=O)c1cccc(NS(=O)(=O)c2ccccc2-c2ccccc2)c1. The Bertz CT molecular complexity index is 1030. The molecule has 3 rings (SSSR count). The van der Waals surface area contributed by atoms with Crippen LogP contribution in [0.5, 0.6) is 0 Å². The highest BCUT2D eigenvalue weighted by Gasteiger charge is 2.19. The molecule has 0 fully saturated rings. The van der Waals surface area contributed by atoms with Gasteiger partial charge < -0.3 is 5.32 Å². The molecule has 0 aliphatic rings. The molecule has 1 amide bonds. The van der Waals surface area contributed by atoms with Gasteiger partial charge in [-0.05, 0) is 29.8 Å². The van der Waals surface area contributed by atoms with Gasteiger partial charge in [0, 0.05) is 23.9 Å². The van der Waals surface area contributed by atoms with E-state index in [9.17, 15) is 13.2 Å². The highest BCUT2D eigenvalue weighted by Crippen LogP contribution is 2.28. The molecular weight excluding hydrogens is 348 g/mol. The van der Waals surface area contributed by atoms with Crippen LogP contribution in [0, 0.1) is 0 Å². The number of benzene rings is 3. The molecule has 0 saturated carbocycles. The molecule has 132 valence electrons. The maximum absolute atomic E-state index is 12.9.